The molecule has 0 bridgehead atoms. The number of carbonyl (C=O) groups excluding carboxylic acids is 7. The van der Waals surface area contributed by atoms with Gasteiger partial charge >= 0.3 is 48.4 Å². The van der Waals surface area contributed by atoms with Crippen LogP contribution in [0.5, 0.6) is 5.75 Å². The maximum atomic E-state index is 14.5. The quantitative estimate of drug-likeness (QED) is 0.00537. The third-order valence-corrected chi connectivity index (χ3v) is 21.7. The first-order chi connectivity index (χ1) is 62.1. The molecule has 3 aliphatic rings. The van der Waals surface area contributed by atoms with Gasteiger partial charge in [-0.25, -0.2) is 32.4 Å². The third-order valence-electron chi connectivity index (χ3n) is 20.9. The Balaban J connectivity index is 0.00000193. The lowest BCUT2D eigenvalue weighted by Gasteiger charge is -2.31. The second-order valence-corrected chi connectivity index (χ2v) is 34.0. The number of unbranched alkanes of at least 4 members (excludes halogenated alkanes) is 3. The molecular formula is C86H123F9N16O21S. The third kappa shape index (κ3) is 41.4. The van der Waals surface area contributed by atoms with Gasteiger partial charge in [0.2, 0.25) is 41.1 Å². The molecule has 0 saturated carbocycles. The van der Waals surface area contributed by atoms with Gasteiger partial charge in [-0.1, -0.05) is 115 Å². The Labute approximate surface area is 764 Å². The van der Waals surface area contributed by atoms with Gasteiger partial charge in [-0.15, -0.1) is 0 Å². The number of ether oxygens (including phenoxy) is 2. The van der Waals surface area contributed by atoms with Crippen LogP contribution in [0, 0.1) is 11.8 Å². The lowest BCUT2D eigenvalue weighted by atomic mass is 9.81. The minimum Gasteiger partial charge on any atom is -0.748 e. The Morgan fingerprint density at radius 2 is 1.21 bits per heavy atom. The minimum atomic E-state index is -5.08. The van der Waals surface area contributed by atoms with Crippen LogP contribution in [0.4, 0.5) is 55.7 Å². The van der Waals surface area contributed by atoms with E-state index in [0.29, 0.717) is 57.4 Å². The molecule has 3 heterocycles. The first-order valence-corrected chi connectivity index (χ1v) is 44.3. The number of hydrogen-bond acceptors (Lipinski definition) is 21. The van der Waals surface area contributed by atoms with E-state index in [2.05, 4.69) is 139 Å². The van der Waals surface area contributed by atoms with Crippen LogP contribution in [0.2, 0.25) is 0 Å². The van der Waals surface area contributed by atoms with Crippen molar-refractivity contribution in [2.24, 2.45) is 44.8 Å². The summed E-state index contributed by atoms with van der Waals surface area (Å²) in [5.41, 5.74) is 30.4. The number of rotatable bonds is 47. The number of aromatic hydroxyl groups is 1. The van der Waals surface area contributed by atoms with E-state index in [1.165, 1.54) is 39.6 Å². The number of anilines is 1. The summed E-state index contributed by atoms with van der Waals surface area (Å²) in [4.78, 5) is 146. The highest BCUT2D eigenvalue weighted by atomic mass is 32.2. The van der Waals surface area contributed by atoms with E-state index in [4.69, 9.17) is 62.1 Å². The van der Waals surface area contributed by atoms with Crippen molar-refractivity contribution in [1.82, 2.24) is 42.1 Å². The topological polar surface area (TPSA) is 587 Å². The zero-order valence-electron chi connectivity index (χ0n) is 75.1. The van der Waals surface area contributed by atoms with E-state index >= 15 is 0 Å². The smallest absolute Gasteiger partial charge is 0.490 e. The summed E-state index contributed by atoms with van der Waals surface area (Å²) in [6.07, 6.45) is 0.648. The van der Waals surface area contributed by atoms with Crippen LogP contribution < -0.4 is 65.1 Å². The van der Waals surface area contributed by atoms with Crippen LogP contribution in [-0.2, 0) is 84.8 Å². The minimum absolute atomic E-state index is 0.0351. The van der Waals surface area contributed by atoms with E-state index in [1.54, 1.807) is 19.1 Å². The van der Waals surface area contributed by atoms with Gasteiger partial charge in [0.1, 0.15) is 42.5 Å². The number of para-hydroxylation sites is 2. The Hall–Kier alpha value is -12.0. The number of carboxylic acid groups (broad SMARTS) is 4. The SMILES string of the molecule is CC[C@H](C)[C@H](NC(=O)[C@H](Cc1ccc(O)cc1)NC(=O)[C@@H]1CCCN1C(=O)[C@H](CCCN=C(N)N)NC(=O)[C@@H](N)CCCN=C(N)NC(=O)NCCOCCOCCNC(=O)CCCCC[N+]1=C(/C=C/C=C/C=C2\N(CCCCS(=O)(=O)[O-])c3ccccc3C2(C)C)C(C)(C)c2ccccc21)C(=O)N[C@@H](CC(C)C)C(=O)O.O=C(O)C(F)(F)F.O=C(O)C(F)(F)F.O=C(O)C(F)(F)F. The lowest BCUT2D eigenvalue weighted by molar-refractivity contribution is -0.438. The molecule has 133 heavy (non-hydrogen) atoms. The molecule has 47 heteroatoms. The number of benzene rings is 3. The molecule has 8 amide bonds. The molecule has 3 aromatic carbocycles. The van der Waals surface area contributed by atoms with E-state index in [-0.39, 0.29) is 137 Å². The fourth-order valence-electron chi connectivity index (χ4n) is 14.0. The lowest BCUT2D eigenvalue weighted by Crippen LogP contribution is -2.60. The standard InChI is InChI=1S/C80H120N16O15S.3C2HF3O2/c1-9-54(4)69(73(102)91-62(75(104)105)51-53(2)3)92-71(100)61(52-55-35-37-56(97)38-36-55)90-72(101)65-31-24-45-96(65)74(103)60(28-23-39-86-76(82)83)89-70(99)59(81)27-22-40-87-77(84)93-78(106)88-42-47-111-49-48-110-46-41-85-68(98)34-14-11-19-43-94-63-29-17-15-25-57(63)79(5,6)66(94)32-12-10-13-33-67-80(7,8)58-26-16-18-30-64(58)95(67)44-20-21-50-112(107,108)109;3*3-2(4,5)1(6)7/h10,12-13,15-18,25-26,29-30,32-33,35-38,53-54,59-62,65,69H,9,11,14,19-24,27-28,31,34,39-52,81H2,1-8H3,(H15-,82,83,84,85,86,87,88,89,90,91,92,93,97,98,99,100,101,102,104,105,106,107,108,109);3*(H,6,7)/t54-,59-,60-,61-,62-,65-,69-;;;/m0.../s1. The molecule has 1 saturated heterocycles. The number of aliphatic carboxylic acids is 4. The molecule has 7 atom stereocenters. The first kappa shape index (κ1) is 115. The predicted octanol–water partition coefficient (Wildman–Crippen LogP) is 6.62. The number of nitrogens with one attached hydrogen (secondary N) is 7. The van der Waals surface area contributed by atoms with Crippen LogP contribution in [0.15, 0.2) is 119 Å². The monoisotopic (exact) mass is 1920 g/mol. The molecule has 742 valence electrons. The Morgan fingerprint density at radius 1 is 0.647 bits per heavy atom. The normalized spacial score (nSPS) is 16.2. The van der Waals surface area contributed by atoms with Crippen LogP contribution in [0.1, 0.15) is 162 Å². The summed E-state index contributed by atoms with van der Waals surface area (Å²) in [6.45, 7) is 19.2. The second kappa shape index (κ2) is 55.5. The van der Waals surface area contributed by atoms with Gasteiger partial charge < -0.3 is 104 Å². The summed E-state index contributed by atoms with van der Waals surface area (Å²) in [6, 6.07) is 14.9. The van der Waals surface area contributed by atoms with Crippen LogP contribution in [0.25, 0.3) is 0 Å². The number of phenolic OH excluding ortho intramolecular Hbond substituents is 1. The summed E-state index contributed by atoms with van der Waals surface area (Å²) >= 11 is 0. The molecular weight excluding hydrogens is 1800 g/mol. The van der Waals surface area contributed by atoms with Crippen molar-refractivity contribution in [2.75, 3.05) is 82.9 Å². The molecule has 1 fully saturated rings. The highest BCUT2D eigenvalue weighted by Crippen LogP contribution is 2.48. The maximum absolute atomic E-state index is 14.5. The number of nitrogens with two attached hydrogens (primary N) is 4. The van der Waals surface area contributed by atoms with Gasteiger partial charge in [0.05, 0.1) is 48.0 Å². The van der Waals surface area contributed by atoms with Crippen molar-refractivity contribution < 1.29 is 145 Å². The van der Waals surface area contributed by atoms with Gasteiger partial charge in [0, 0.05) is 98.8 Å². The number of allylic oxidation sites excluding steroid dienone is 6. The zero-order chi connectivity index (χ0) is 100. The van der Waals surface area contributed by atoms with E-state index in [9.17, 15) is 101 Å². The molecule has 0 unspecified atom stereocenters. The van der Waals surface area contributed by atoms with E-state index < -0.39 is 130 Å². The number of aliphatic imine (C=N–C) groups is 2. The number of hydrogen-bond donors (Lipinski definition) is 16. The molecule has 0 spiro atoms. The summed E-state index contributed by atoms with van der Waals surface area (Å²) < 4.78 is 143. The molecule has 6 rings (SSSR count). The average Bonchev–Trinajstić information content (AvgIpc) is 1.60. The number of phenols is 1. The number of alkyl halides is 9. The van der Waals surface area contributed by atoms with Crippen LogP contribution >= 0.6 is 0 Å². The van der Waals surface area contributed by atoms with Gasteiger partial charge in [-0.05, 0) is 132 Å². The molecule has 0 aromatic heterocycles. The van der Waals surface area contributed by atoms with Crippen molar-refractivity contribution in [3.8, 4) is 5.75 Å². The number of carboxylic acids is 4. The number of urea groups is 1. The molecule has 0 radical (unpaired) electrons. The molecule has 3 aromatic rings. The Kier molecular flexibility index (Phi) is 48.1. The van der Waals surface area contributed by atoms with Crippen molar-refractivity contribution >= 4 is 104 Å². The Bertz CT molecular complexity index is 4620. The number of nitrogens with zero attached hydrogens (tertiary/aromatic N) is 5. The number of amides is 8. The van der Waals surface area contributed by atoms with Crippen molar-refractivity contribution in [2.45, 2.75) is 217 Å². The molecule has 3 aliphatic heterocycles. The van der Waals surface area contributed by atoms with E-state index in [0.717, 1.165) is 37.2 Å². The van der Waals surface area contributed by atoms with Crippen molar-refractivity contribution in [1.29, 1.82) is 0 Å². The predicted molar refractivity (Wildman–Crippen MR) is 471 cm³/mol. The number of halogens is 9. The summed E-state index contributed by atoms with van der Waals surface area (Å²) in [5, 5.41) is 60.1. The number of guanidine groups is 2. The Morgan fingerprint density at radius 3 is 1.78 bits per heavy atom. The first-order valence-electron chi connectivity index (χ1n) is 42.7. The van der Waals surface area contributed by atoms with Crippen molar-refractivity contribution in [3.05, 3.63) is 126 Å². The number of carbonyl (C=O) groups is 11. The summed E-state index contributed by atoms with van der Waals surface area (Å²) in [5.74, 6) is -14.2. The average molecular weight is 1920 g/mol. The van der Waals surface area contributed by atoms with Crippen LogP contribution in [0.3, 0.4) is 0 Å². The van der Waals surface area contributed by atoms with Gasteiger partial charge in [-0.3, -0.25) is 44.1 Å². The summed E-state index contributed by atoms with van der Waals surface area (Å²) in [7, 11) is -4.28. The number of fused-ring (bicyclic) bond motifs is 2. The van der Waals surface area contributed by atoms with Gasteiger partial charge in [-0.2, -0.15) is 44.1 Å². The molecule has 20 N–H and O–H groups in total. The highest BCUT2D eigenvalue weighted by Gasteiger charge is 2.46. The highest BCUT2D eigenvalue weighted by molar-refractivity contribution is 7.85. The van der Waals surface area contributed by atoms with Crippen LogP contribution in [-0.4, -0.2) is 264 Å². The largest absolute Gasteiger partial charge is 0.748 e. The zero-order valence-corrected chi connectivity index (χ0v) is 76.0. The van der Waals surface area contributed by atoms with Crippen molar-refractivity contribution in [3.63, 3.8) is 0 Å². The van der Waals surface area contributed by atoms with E-state index in [1.807, 2.05) is 45.1 Å². The second-order valence-electron chi connectivity index (χ2n) is 32.5. The van der Waals surface area contributed by atoms with Gasteiger partial charge in [0.25, 0.3) is 0 Å². The fourth-order valence-corrected chi connectivity index (χ4v) is 14.5. The molecule has 0 aliphatic carbocycles. The number of likely N-dealkylation sites (tertiary alicyclic amines) is 1. The maximum Gasteiger partial charge on any atom is 0.490 e. The fraction of sp³-hybridized carbons (Fsp3) is 0.558. The molecule has 37 nitrogen and oxygen atoms in total. The van der Waals surface area contributed by atoms with Gasteiger partial charge in [0.15, 0.2) is 17.6 Å².